The van der Waals surface area contributed by atoms with E-state index in [0.717, 1.165) is 27.5 Å². The molecule has 4 rings (SSSR count). The highest BCUT2D eigenvalue weighted by atomic mass is 35.5. The zero-order valence-corrected chi connectivity index (χ0v) is 18.7. The maximum atomic E-state index is 13.3. The summed E-state index contributed by atoms with van der Waals surface area (Å²) in [5.74, 6) is -0.0639. The number of hydrogen-bond acceptors (Lipinski definition) is 5. The van der Waals surface area contributed by atoms with E-state index < -0.39 is 16.1 Å². The van der Waals surface area contributed by atoms with Gasteiger partial charge in [-0.25, -0.2) is 22.5 Å². The smallest absolute Gasteiger partial charge is 0.321 e. The van der Waals surface area contributed by atoms with Crippen molar-refractivity contribution in [2.24, 2.45) is 10.7 Å². The van der Waals surface area contributed by atoms with Gasteiger partial charge in [-0.15, -0.1) is 0 Å². The molecule has 2 aromatic rings. The molecule has 2 amide bonds. The Morgan fingerprint density at radius 3 is 2.81 bits per heavy atom. The maximum absolute atomic E-state index is 13.3. The van der Waals surface area contributed by atoms with Crippen molar-refractivity contribution in [3.63, 3.8) is 0 Å². The van der Waals surface area contributed by atoms with Crippen LogP contribution in [0.4, 0.5) is 10.5 Å². The van der Waals surface area contributed by atoms with E-state index >= 15 is 0 Å². The molecular weight excluding hydrogens is 438 g/mol. The number of hydrogen-bond donors (Lipinski definition) is 2. The Balaban J connectivity index is 1.57. The molecule has 2 heterocycles. The summed E-state index contributed by atoms with van der Waals surface area (Å²) in [7, 11) is -3.90. The van der Waals surface area contributed by atoms with E-state index in [1.807, 2.05) is 19.1 Å². The molecule has 1 unspecified atom stereocenters. The number of guanidine groups is 1. The molecule has 164 valence electrons. The summed E-state index contributed by atoms with van der Waals surface area (Å²) in [6.07, 6.45) is 1.43. The third-order valence-electron chi connectivity index (χ3n) is 5.45. The summed E-state index contributed by atoms with van der Waals surface area (Å²) in [6, 6.07) is 11.4. The van der Waals surface area contributed by atoms with Crippen molar-refractivity contribution in [2.45, 2.75) is 30.7 Å². The van der Waals surface area contributed by atoms with Crippen LogP contribution in [0.1, 0.15) is 30.5 Å². The van der Waals surface area contributed by atoms with Gasteiger partial charge in [0.1, 0.15) is 0 Å². The number of carbonyl (C=O) groups excluding carboxylic acids is 1. The molecule has 0 radical (unpaired) electrons. The SMILES string of the molecule is CCCNC(=O)N1CCc2cc(S(=O)(=O)N3CC(c4ccccc4Cl)N=C3N)ccc21. The molecule has 8 nitrogen and oxygen atoms in total. The Morgan fingerprint density at radius 2 is 2.06 bits per heavy atom. The van der Waals surface area contributed by atoms with Crippen LogP contribution in [0.3, 0.4) is 0 Å². The number of nitrogens with two attached hydrogens (primary N) is 1. The van der Waals surface area contributed by atoms with Crippen molar-refractivity contribution in [1.82, 2.24) is 9.62 Å². The second kappa shape index (κ2) is 8.39. The molecule has 0 aromatic heterocycles. The lowest BCUT2D eigenvalue weighted by molar-refractivity contribution is 0.247. The van der Waals surface area contributed by atoms with Gasteiger partial charge in [-0.3, -0.25) is 4.90 Å². The molecular formula is C21H24ClN5O3S. The predicted octanol–water partition coefficient (Wildman–Crippen LogP) is 2.88. The zero-order chi connectivity index (χ0) is 22.2. The Morgan fingerprint density at radius 1 is 1.29 bits per heavy atom. The number of amides is 2. The molecule has 2 aliphatic rings. The minimum absolute atomic E-state index is 0.0639. The molecule has 2 aliphatic heterocycles. The third-order valence-corrected chi connectivity index (χ3v) is 7.56. The lowest BCUT2D eigenvalue weighted by atomic mass is 10.1. The van der Waals surface area contributed by atoms with Crippen LogP contribution in [0.25, 0.3) is 0 Å². The zero-order valence-electron chi connectivity index (χ0n) is 17.1. The Kier molecular flexibility index (Phi) is 5.81. The fourth-order valence-corrected chi connectivity index (χ4v) is 5.53. The second-order valence-electron chi connectivity index (χ2n) is 7.48. The maximum Gasteiger partial charge on any atom is 0.321 e. The van der Waals surface area contributed by atoms with Gasteiger partial charge in [-0.05, 0) is 48.2 Å². The molecule has 31 heavy (non-hydrogen) atoms. The highest BCUT2D eigenvalue weighted by molar-refractivity contribution is 7.89. The summed E-state index contributed by atoms with van der Waals surface area (Å²) >= 11 is 6.25. The van der Waals surface area contributed by atoms with Crippen LogP contribution in [0.5, 0.6) is 0 Å². The predicted molar refractivity (Wildman–Crippen MR) is 121 cm³/mol. The standard InChI is InChI=1S/C21H24ClN5O3S/c1-2-10-24-21(28)26-11-9-14-12-15(7-8-19(14)26)31(29,30)27-13-18(25-20(27)23)16-5-3-4-6-17(16)22/h3-8,12,18H,2,9-11,13H2,1H3,(H2,23,25)(H,24,28). The van der Waals surface area contributed by atoms with E-state index in [-0.39, 0.29) is 23.4 Å². The summed E-state index contributed by atoms with van der Waals surface area (Å²) < 4.78 is 27.7. The van der Waals surface area contributed by atoms with Crippen molar-refractivity contribution < 1.29 is 13.2 Å². The summed E-state index contributed by atoms with van der Waals surface area (Å²) in [4.78, 5) is 18.4. The van der Waals surface area contributed by atoms with Gasteiger partial charge in [-0.1, -0.05) is 36.7 Å². The number of anilines is 1. The van der Waals surface area contributed by atoms with Crippen LogP contribution in [0, 0.1) is 0 Å². The van der Waals surface area contributed by atoms with E-state index in [1.165, 1.54) is 6.07 Å². The van der Waals surface area contributed by atoms with Crippen LogP contribution in [0.15, 0.2) is 52.4 Å². The van der Waals surface area contributed by atoms with Crippen molar-refractivity contribution >= 4 is 39.3 Å². The normalized spacial score (nSPS) is 18.1. The number of rotatable bonds is 5. The lowest BCUT2D eigenvalue weighted by Crippen LogP contribution is -2.39. The van der Waals surface area contributed by atoms with Crippen LogP contribution < -0.4 is 16.0 Å². The first-order valence-electron chi connectivity index (χ1n) is 10.1. The van der Waals surface area contributed by atoms with Crippen LogP contribution in [0.2, 0.25) is 5.02 Å². The van der Waals surface area contributed by atoms with Gasteiger partial charge in [0, 0.05) is 23.8 Å². The molecule has 0 saturated heterocycles. The first kappa shape index (κ1) is 21.5. The fourth-order valence-electron chi connectivity index (χ4n) is 3.85. The highest BCUT2D eigenvalue weighted by Gasteiger charge is 2.36. The van der Waals surface area contributed by atoms with E-state index in [2.05, 4.69) is 10.3 Å². The van der Waals surface area contributed by atoms with Gasteiger partial charge in [0.15, 0.2) is 0 Å². The molecule has 1 atom stereocenters. The minimum atomic E-state index is -3.90. The molecule has 0 saturated carbocycles. The minimum Gasteiger partial charge on any atom is -0.369 e. The average molecular weight is 462 g/mol. The first-order valence-corrected chi connectivity index (χ1v) is 11.9. The summed E-state index contributed by atoms with van der Waals surface area (Å²) in [5, 5.41) is 3.37. The van der Waals surface area contributed by atoms with Crippen molar-refractivity contribution in [2.75, 3.05) is 24.5 Å². The van der Waals surface area contributed by atoms with Crippen LogP contribution in [-0.2, 0) is 16.4 Å². The van der Waals surface area contributed by atoms with Gasteiger partial charge in [0.05, 0.1) is 17.5 Å². The van der Waals surface area contributed by atoms with E-state index in [0.29, 0.717) is 24.5 Å². The number of nitrogens with one attached hydrogen (secondary N) is 1. The molecule has 0 aliphatic carbocycles. The Labute approximate surface area is 186 Å². The van der Waals surface area contributed by atoms with Crippen LogP contribution >= 0.6 is 11.6 Å². The Bertz CT molecular complexity index is 1150. The molecule has 0 fully saturated rings. The van der Waals surface area contributed by atoms with E-state index in [1.54, 1.807) is 29.2 Å². The fraction of sp³-hybridized carbons (Fsp3) is 0.333. The number of halogens is 1. The molecule has 3 N–H and O–H groups in total. The largest absolute Gasteiger partial charge is 0.369 e. The van der Waals surface area contributed by atoms with Crippen molar-refractivity contribution in [3.8, 4) is 0 Å². The Hall–Kier alpha value is -2.78. The van der Waals surface area contributed by atoms with E-state index in [4.69, 9.17) is 17.3 Å². The number of sulfonamides is 1. The number of fused-ring (bicyclic) bond motifs is 1. The van der Waals surface area contributed by atoms with Gasteiger partial charge < -0.3 is 11.1 Å². The number of benzene rings is 2. The number of urea groups is 1. The summed E-state index contributed by atoms with van der Waals surface area (Å²) in [5.41, 5.74) is 8.26. The van der Waals surface area contributed by atoms with E-state index in [9.17, 15) is 13.2 Å². The van der Waals surface area contributed by atoms with Gasteiger partial charge in [0.2, 0.25) is 5.96 Å². The number of nitrogens with zero attached hydrogens (tertiary/aromatic N) is 3. The second-order valence-corrected chi connectivity index (χ2v) is 9.75. The van der Waals surface area contributed by atoms with Crippen molar-refractivity contribution in [3.05, 3.63) is 58.6 Å². The lowest BCUT2D eigenvalue weighted by Gasteiger charge is -2.21. The number of aliphatic imine (C=N–C) groups is 1. The quantitative estimate of drug-likeness (QED) is 0.713. The van der Waals surface area contributed by atoms with Crippen LogP contribution in [-0.4, -0.2) is 44.3 Å². The molecule has 10 heteroatoms. The topological polar surface area (TPSA) is 108 Å². The third kappa shape index (κ3) is 3.95. The summed E-state index contributed by atoms with van der Waals surface area (Å²) in [6.45, 7) is 3.17. The molecule has 0 bridgehead atoms. The van der Waals surface area contributed by atoms with Crippen molar-refractivity contribution in [1.29, 1.82) is 0 Å². The molecule has 0 spiro atoms. The molecule has 2 aromatic carbocycles. The highest BCUT2D eigenvalue weighted by Crippen LogP contribution is 2.34. The number of carbonyl (C=O) groups is 1. The van der Waals surface area contributed by atoms with Gasteiger partial charge >= 0.3 is 6.03 Å². The first-order chi connectivity index (χ1) is 14.8. The van der Waals surface area contributed by atoms with Gasteiger partial charge in [0.25, 0.3) is 10.0 Å². The van der Waals surface area contributed by atoms with Gasteiger partial charge in [-0.2, -0.15) is 0 Å². The monoisotopic (exact) mass is 461 g/mol. The average Bonchev–Trinajstić information content (AvgIpc) is 3.35.